The maximum Gasteiger partial charge on any atom is 0.324 e. The zero-order valence-electron chi connectivity index (χ0n) is 10.0. The lowest BCUT2D eigenvalue weighted by atomic mass is 10.3. The summed E-state index contributed by atoms with van der Waals surface area (Å²) >= 11 is 0. The molecular formula is C11H11N5O3. The fourth-order valence-corrected chi connectivity index (χ4v) is 1.42. The molecule has 0 saturated carbocycles. The molecule has 2 aromatic rings. The van der Waals surface area contributed by atoms with Crippen molar-refractivity contribution in [3.05, 3.63) is 46.1 Å². The molecule has 0 fully saturated rings. The molecule has 98 valence electrons. The van der Waals surface area contributed by atoms with Gasteiger partial charge in [-0.05, 0) is 19.1 Å². The highest BCUT2D eigenvalue weighted by atomic mass is 16.6. The van der Waals surface area contributed by atoms with Gasteiger partial charge in [0, 0.05) is 23.4 Å². The first-order valence-corrected chi connectivity index (χ1v) is 5.38. The number of carbonyl (C=O) groups excluding carboxylic acids is 1. The summed E-state index contributed by atoms with van der Waals surface area (Å²) in [5.41, 5.74) is 1.23. The number of amides is 2. The van der Waals surface area contributed by atoms with E-state index in [1.54, 1.807) is 13.1 Å². The molecule has 2 amide bonds. The van der Waals surface area contributed by atoms with Crippen molar-refractivity contribution in [2.75, 3.05) is 10.6 Å². The number of aromatic nitrogens is 2. The lowest BCUT2D eigenvalue weighted by Crippen LogP contribution is -2.20. The highest BCUT2D eigenvalue weighted by Gasteiger charge is 2.08. The third-order valence-electron chi connectivity index (χ3n) is 2.40. The molecule has 0 spiro atoms. The molecule has 3 N–H and O–H groups in total. The van der Waals surface area contributed by atoms with E-state index in [1.165, 1.54) is 24.3 Å². The van der Waals surface area contributed by atoms with Gasteiger partial charge in [-0.3, -0.25) is 20.5 Å². The minimum Gasteiger partial charge on any atom is -0.308 e. The number of carbonyl (C=O) groups is 1. The zero-order valence-corrected chi connectivity index (χ0v) is 10.0. The van der Waals surface area contributed by atoms with Crippen LogP contribution in [0.2, 0.25) is 0 Å². The number of H-pyrrole nitrogens is 1. The molecule has 1 heterocycles. The predicted octanol–water partition coefficient (Wildman–Crippen LogP) is 2.27. The van der Waals surface area contributed by atoms with E-state index < -0.39 is 11.0 Å². The third kappa shape index (κ3) is 3.06. The second-order valence-electron chi connectivity index (χ2n) is 3.81. The maximum absolute atomic E-state index is 11.6. The fourth-order valence-electron chi connectivity index (χ4n) is 1.42. The van der Waals surface area contributed by atoms with Crippen LogP contribution in [-0.2, 0) is 0 Å². The average Bonchev–Trinajstić information content (AvgIpc) is 2.75. The van der Waals surface area contributed by atoms with E-state index in [9.17, 15) is 14.9 Å². The molecule has 1 aromatic carbocycles. The number of nitro benzene ring substituents is 1. The first-order chi connectivity index (χ1) is 9.06. The van der Waals surface area contributed by atoms with Crippen molar-refractivity contribution < 1.29 is 9.72 Å². The Morgan fingerprint density at radius 2 is 2.00 bits per heavy atom. The molecule has 0 aliphatic carbocycles. The predicted molar refractivity (Wildman–Crippen MR) is 69.1 cm³/mol. The standard InChI is InChI=1S/C11H11N5O3/c1-7-6-12-15-10(7)14-11(17)13-8-2-4-9(5-3-8)16(18)19/h2-6H,1H3,(H3,12,13,14,15,17). The van der Waals surface area contributed by atoms with Crippen molar-refractivity contribution in [3.63, 3.8) is 0 Å². The summed E-state index contributed by atoms with van der Waals surface area (Å²) in [5, 5.41) is 22.0. The molecule has 0 radical (unpaired) electrons. The topological polar surface area (TPSA) is 113 Å². The van der Waals surface area contributed by atoms with E-state index in [4.69, 9.17) is 0 Å². The number of nitro groups is 1. The normalized spacial score (nSPS) is 9.95. The molecule has 19 heavy (non-hydrogen) atoms. The number of benzene rings is 1. The summed E-state index contributed by atoms with van der Waals surface area (Å²) in [6.07, 6.45) is 1.58. The number of anilines is 2. The van der Waals surface area contributed by atoms with E-state index in [-0.39, 0.29) is 5.69 Å². The minimum atomic E-state index is -0.502. The summed E-state index contributed by atoms with van der Waals surface area (Å²) in [6, 6.07) is 5.09. The van der Waals surface area contributed by atoms with Crippen LogP contribution in [0.25, 0.3) is 0 Å². The Labute approximate surface area is 108 Å². The van der Waals surface area contributed by atoms with Gasteiger partial charge in [0.2, 0.25) is 0 Å². The van der Waals surface area contributed by atoms with E-state index in [0.717, 1.165) is 5.56 Å². The van der Waals surface area contributed by atoms with Gasteiger partial charge in [-0.2, -0.15) is 5.10 Å². The maximum atomic E-state index is 11.6. The summed E-state index contributed by atoms with van der Waals surface area (Å²) in [5.74, 6) is 0.499. The van der Waals surface area contributed by atoms with Crippen LogP contribution < -0.4 is 10.6 Å². The Kier molecular flexibility index (Phi) is 3.42. The third-order valence-corrected chi connectivity index (χ3v) is 2.40. The fraction of sp³-hybridized carbons (Fsp3) is 0.0909. The highest BCUT2D eigenvalue weighted by molar-refractivity contribution is 5.99. The molecule has 0 aliphatic heterocycles. The van der Waals surface area contributed by atoms with Crippen LogP contribution in [0.1, 0.15) is 5.56 Å². The van der Waals surface area contributed by atoms with Crippen molar-refractivity contribution in [1.29, 1.82) is 0 Å². The quantitative estimate of drug-likeness (QED) is 0.580. The molecule has 2 rings (SSSR count). The molecule has 0 saturated heterocycles. The van der Waals surface area contributed by atoms with Gasteiger partial charge in [0.25, 0.3) is 5.69 Å². The number of urea groups is 1. The van der Waals surface area contributed by atoms with Crippen LogP contribution in [0, 0.1) is 17.0 Å². The molecule has 0 bridgehead atoms. The van der Waals surface area contributed by atoms with Crippen molar-refractivity contribution in [3.8, 4) is 0 Å². The van der Waals surface area contributed by atoms with E-state index in [2.05, 4.69) is 20.8 Å². The average molecular weight is 261 g/mol. The van der Waals surface area contributed by atoms with Crippen LogP contribution in [0.15, 0.2) is 30.5 Å². The van der Waals surface area contributed by atoms with Gasteiger partial charge < -0.3 is 5.32 Å². The largest absolute Gasteiger partial charge is 0.324 e. The number of aryl methyl sites for hydroxylation is 1. The molecule has 0 aliphatic rings. The summed E-state index contributed by atoms with van der Waals surface area (Å²) in [6.45, 7) is 1.80. The van der Waals surface area contributed by atoms with Gasteiger partial charge in [0.05, 0.1) is 11.1 Å². The summed E-state index contributed by atoms with van der Waals surface area (Å²) < 4.78 is 0. The molecule has 0 unspecified atom stereocenters. The Hall–Kier alpha value is -2.90. The number of aromatic amines is 1. The monoisotopic (exact) mass is 261 g/mol. The molecule has 0 atom stereocenters. The van der Waals surface area contributed by atoms with Crippen LogP contribution in [0.5, 0.6) is 0 Å². The second-order valence-corrected chi connectivity index (χ2v) is 3.81. The van der Waals surface area contributed by atoms with Crippen molar-refractivity contribution in [2.24, 2.45) is 0 Å². The molecule has 8 nitrogen and oxygen atoms in total. The Balaban J connectivity index is 1.99. The van der Waals surface area contributed by atoms with Crippen molar-refractivity contribution in [1.82, 2.24) is 10.2 Å². The lowest BCUT2D eigenvalue weighted by molar-refractivity contribution is -0.384. The van der Waals surface area contributed by atoms with Crippen LogP contribution in [-0.4, -0.2) is 21.2 Å². The van der Waals surface area contributed by atoms with Gasteiger partial charge in [0.15, 0.2) is 0 Å². The number of hydrogen-bond acceptors (Lipinski definition) is 4. The summed E-state index contributed by atoms with van der Waals surface area (Å²) in [7, 11) is 0. The number of rotatable bonds is 3. The van der Waals surface area contributed by atoms with Gasteiger partial charge in [-0.25, -0.2) is 4.79 Å². The van der Waals surface area contributed by atoms with E-state index >= 15 is 0 Å². The van der Waals surface area contributed by atoms with Crippen LogP contribution >= 0.6 is 0 Å². The van der Waals surface area contributed by atoms with Crippen LogP contribution in [0.4, 0.5) is 22.0 Å². The smallest absolute Gasteiger partial charge is 0.308 e. The zero-order chi connectivity index (χ0) is 13.8. The highest BCUT2D eigenvalue weighted by Crippen LogP contribution is 2.16. The Bertz CT molecular complexity index is 605. The number of nitrogens with one attached hydrogen (secondary N) is 3. The Morgan fingerprint density at radius 1 is 1.32 bits per heavy atom. The van der Waals surface area contributed by atoms with E-state index in [0.29, 0.717) is 11.5 Å². The van der Waals surface area contributed by atoms with Gasteiger partial charge in [0.1, 0.15) is 5.82 Å². The number of non-ortho nitro benzene ring substituents is 1. The minimum absolute atomic E-state index is 0.0321. The second kappa shape index (κ2) is 5.17. The first kappa shape index (κ1) is 12.6. The van der Waals surface area contributed by atoms with E-state index in [1.807, 2.05) is 0 Å². The van der Waals surface area contributed by atoms with Crippen molar-refractivity contribution >= 4 is 23.2 Å². The lowest BCUT2D eigenvalue weighted by Gasteiger charge is -2.06. The molecule has 1 aromatic heterocycles. The molecule has 8 heteroatoms. The van der Waals surface area contributed by atoms with Gasteiger partial charge >= 0.3 is 6.03 Å². The van der Waals surface area contributed by atoms with Gasteiger partial charge in [-0.15, -0.1) is 0 Å². The van der Waals surface area contributed by atoms with Gasteiger partial charge in [-0.1, -0.05) is 0 Å². The van der Waals surface area contributed by atoms with Crippen LogP contribution in [0.3, 0.4) is 0 Å². The van der Waals surface area contributed by atoms with Crippen molar-refractivity contribution in [2.45, 2.75) is 6.92 Å². The summed E-state index contributed by atoms with van der Waals surface area (Å²) in [4.78, 5) is 21.6. The first-order valence-electron chi connectivity index (χ1n) is 5.38. The SMILES string of the molecule is Cc1cn[nH]c1NC(=O)Nc1ccc([N+](=O)[O-])cc1. The Morgan fingerprint density at radius 3 is 2.53 bits per heavy atom. The molecular weight excluding hydrogens is 250 g/mol. The number of hydrogen-bond donors (Lipinski definition) is 3. The number of nitrogens with zero attached hydrogens (tertiary/aromatic N) is 2.